The van der Waals surface area contributed by atoms with Gasteiger partial charge >= 0.3 is 0 Å². The maximum atomic E-state index is 5.80. The summed E-state index contributed by atoms with van der Waals surface area (Å²) < 4.78 is 1.70. The van der Waals surface area contributed by atoms with E-state index in [-0.39, 0.29) is 0 Å². The summed E-state index contributed by atoms with van der Waals surface area (Å²) in [5, 5.41) is 4.39. The lowest BCUT2D eigenvalue weighted by atomic mass is 9.93. The molecule has 0 saturated heterocycles. The van der Waals surface area contributed by atoms with Crippen LogP contribution in [-0.2, 0) is 7.05 Å². The van der Waals surface area contributed by atoms with Crippen molar-refractivity contribution in [3.63, 3.8) is 0 Å². The van der Waals surface area contributed by atoms with E-state index >= 15 is 0 Å². The lowest BCUT2D eigenvalue weighted by Crippen LogP contribution is -1.96. The first-order chi connectivity index (χ1) is 8.65. The third-order valence-corrected chi connectivity index (χ3v) is 3.58. The van der Waals surface area contributed by atoms with Crippen molar-refractivity contribution < 1.29 is 0 Å². The van der Waals surface area contributed by atoms with E-state index < -0.39 is 0 Å². The number of hydrogen-bond donors (Lipinski definition) is 1. The van der Waals surface area contributed by atoms with Crippen LogP contribution in [-0.4, -0.2) is 9.78 Å². The molecule has 0 spiro atoms. The second kappa shape index (κ2) is 5.25. The highest BCUT2D eigenvalue weighted by Gasteiger charge is 2.08. The molecule has 0 bridgehead atoms. The van der Waals surface area contributed by atoms with Crippen molar-refractivity contribution in [2.75, 3.05) is 5.73 Å². The van der Waals surface area contributed by atoms with Crippen molar-refractivity contribution >= 4 is 5.82 Å². The Hall–Kier alpha value is -1.77. The molecule has 3 nitrogen and oxygen atoms in total. The van der Waals surface area contributed by atoms with Gasteiger partial charge in [0.2, 0.25) is 0 Å². The first kappa shape index (κ1) is 12.7. The second-order valence-corrected chi connectivity index (χ2v) is 4.71. The Bertz CT molecular complexity index is 488. The summed E-state index contributed by atoms with van der Waals surface area (Å²) in [5.41, 5.74) is 9.27. The van der Waals surface area contributed by atoms with E-state index in [9.17, 15) is 0 Å². The molecule has 1 aromatic carbocycles. The molecule has 2 rings (SSSR count). The molecule has 3 heteroatoms. The number of nitrogens with two attached hydrogens (primary N) is 1. The molecule has 0 amide bonds. The van der Waals surface area contributed by atoms with Gasteiger partial charge < -0.3 is 5.73 Å². The molecule has 0 aliphatic rings. The number of benzene rings is 1. The maximum Gasteiger partial charge on any atom is 0.121 e. The van der Waals surface area contributed by atoms with Gasteiger partial charge in [-0.1, -0.05) is 38.1 Å². The number of nitrogens with zero attached hydrogens (tertiary/aromatic N) is 2. The zero-order valence-electron chi connectivity index (χ0n) is 11.4. The van der Waals surface area contributed by atoms with Crippen molar-refractivity contribution in [3.8, 4) is 11.3 Å². The monoisotopic (exact) mass is 243 g/mol. The molecule has 96 valence electrons. The van der Waals surface area contributed by atoms with Crippen LogP contribution in [0.15, 0.2) is 30.3 Å². The number of rotatable bonds is 4. The highest BCUT2D eigenvalue weighted by Crippen LogP contribution is 2.26. The summed E-state index contributed by atoms with van der Waals surface area (Å²) >= 11 is 0. The minimum Gasteiger partial charge on any atom is -0.384 e. The summed E-state index contributed by atoms with van der Waals surface area (Å²) in [5.74, 6) is 1.35. The molecule has 18 heavy (non-hydrogen) atoms. The van der Waals surface area contributed by atoms with Crippen LogP contribution in [0.4, 0.5) is 5.82 Å². The van der Waals surface area contributed by atoms with Gasteiger partial charge in [0.05, 0.1) is 5.69 Å². The Labute approximate surface area is 109 Å². The van der Waals surface area contributed by atoms with Gasteiger partial charge in [-0.3, -0.25) is 4.68 Å². The van der Waals surface area contributed by atoms with Crippen LogP contribution in [0.1, 0.15) is 38.2 Å². The summed E-state index contributed by atoms with van der Waals surface area (Å²) in [4.78, 5) is 0. The van der Waals surface area contributed by atoms with Gasteiger partial charge in [-0.2, -0.15) is 5.10 Å². The van der Waals surface area contributed by atoms with Crippen molar-refractivity contribution in [3.05, 3.63) is 35.9 Å². The Kier molecular flexibility index (Phi) is 3.70. The summed E-state index contributed by atoms with van der Waals surface area (Å²) in [6.45, 7) is 4.48. The number of anilines is 1. The first-order valence-corrected chi connectivity index (χ1v) is 6.55. The Morgan fingerprint density at radius 3 is 2.22 bits per heavy atom. The van der Waals surface area contributed by atoms with E-state index in [2.05, 4.69) is 43.2 Å². The average molecular weight is 243 g/mol. The van der Waals surface area contributed by atoms with Crippen LogP contribution >= 0.6 is 0 Å². The third-order valence-electron chi connectivity index (χ3n) is 3.58. The highest BCUT2D eigenvalue weighted by molar-refractivity contribution is 5.62. The molecule has 0 aliphatic carbocycles. The molecule has 0 aliphatic heterocycles. The van der Waals surface area contributed by atoms with Gasteiger partial charge in [-0.25, -0.2) is 0 Å². The van der Waals surface area contributed by atoms with Gasteiger partial charge in [0.15, 0.2) is 0 Å². The highest BCUT2D eigenvalue weighted by atomic mass is 15.3. The maximum absolute atomic E-state index is 5.80. The number of hydrogen-bond acceptors (Lipinski definition) is 2. The number of nitrogen functional groups attached to an aromatic ring is 1. The largest absolute Gasteiger partial charge is 0.384 e. The molecular formula is C15H21N3. The van der Waals surface area contributed by atoms with Crippen LogP contribution in [0.25, 0.3) is 11.3 Å². The molecule has 1 heterocycles. The van der Waals surface area contributed by atoms with Crippen LogP contribution in [0.3, 0.4) is 0 Å². The Balaban J connectivity index is 2.27. The fraction of sp³-hybridized carbons (Fsp3) is 0.400. The van der Waals surface area contributed by atoms with Gasteiger partial charge in [-0.05, 0) is 24.3 Å². The van der Waals surface area contributed by atoms with Crippen molar-refractivity contribution in [2.24, 2.45) is 7.05 Å². The SMILES string of the molecule is CCC(CC)c1ccc(-c2cc(N)n(C)n2)cc1. The minimum atomic E-state index is 0.660. The van der Waals surface area contributed by atoms with Crippen LogP contribution in [0, 0.1) is 0 Å². The fourth-order valence-electron chi connectivity index (χ4n) is 2.31. The van der Waals surface area contributed by atoms with E-state index in [0.717, 1.165) is 11.3 Å². The van der Waals surface area contributed by atoms with Gasteiger partial charge in [0.25, 0.3) is 0 Å². The summed E-state index contributed by atoms with van der Waals surface area (Å²) in [6, 6.07) is 10.6. The van der Waals surface area contributed by atoms with Gasteiger partial charge in [0, 0.05) is 18.7 Å². The molecule has 2 N–H and O–H groups in total. The smallest absolute Gasteiger partial charge is 0.121 e. The summed E-state index contributed by atoms with van der Waals surface area (Å²) in [6.07, 6.45) is 2.37. The molecule has 0 atom stereocenters. The quantitative estimate of drug-likeness (QED) is 0.892. The van der Waals surface area contributed by atoms with Crippen molar-refractivity contribution in [1.29, 1.82) is 0 Å². The average Bonchev–Trinajstić information content (AvgIpc) is 2.72. The number of aryl methyl sites for hydroxylation is 1. The Morgan fingerprint density at radius 2 is 1.78 bits per heavy atom. The van der Waals surface area contributed by atoms with E-state index in [0.29, 0.717) is 11.7 Å². The molecule has 0 unspecified atom stereocenters. The first-order valence-electron chi connectivity index (χ1n) is 6.55. The second-order valence-electron chi connectivity index (χ2n) is 4.71. The van der Waals surface area contributed by atoms with Crippen LogP contribution in [0.5, 0.6) is 0 Å². The van der Waals surface area contributed by atoms with Crippen molar-refractivity contribution in [2.45, 2.75) is 32.6 Å². The number of aromatic nitrogens is 2. The van der Waals surface area contributed by atoms with E-state index in [1.165, 1.54) is 18.4 Å². The van der Waals surface area contributed by atoms with Gasteiger partial charge in [-0.15, -0.1) is 0 Å². The minimum absolute atomic E-state index is 0.660. The normalized spacial score (nSPS) is 11.1. The zero-order valence-corrected chi connectivity index (χ0v) is 11.4. The molecule has 0 radical (unpaired) electrons. The van der Waals surface area contributed by atoms with Crippen LogP contribution < -0.4 is 5.73 Å². The molecule has 2 aromatic rings. The molecule has 1 aromatic heterocycles. The molecular weight excluding hydrogens is 222 g/mol. The summed E-state index contributed by atoms with van der Waals surface area (Å²) in [7, 11) is 1.86. The van der Waals surface area contributed by atoms with E-state index in [4.69, 9.17) is 5.73 Å². The zero-order chi connectivity index (χ0) is 13.1. The van der Waals surface area contributed by atoms with Crippen LogP contribution in [0.2, 0.25) is 0 Å². The van der Waals surface area contributed by atoms with E-state index in [1.54, 1.807) is 4.68 Å². The van der Waals surface area contributed by atoms with Crippen molar-refractivity contribution in [1.82, 2.24) is 9.78 Å². The van der Waals surface area contributed by atoms with E-state index in [1.807, 2.05) is 13.1 Å². The predicted octanol–water partition coefficient (Wildman–Crippen LogP) is 3.57. The lowest BCUT2D eigenvalue weighted by Gasteiger charge is -2.12. The van der Waals surface area contributed by atoms with Gasteiger partial charge in [0.1, 0.15) is 5.82 Å². The Morgan fingerprint density at radius 1 is 1.17 bits per heavy atom. The predicted molar refractivity (Wildman–Crippen MR) is 76.4 cm³/mol. The third kappa shape index (κ3) is 2.40. The molecule has 0 fully saturated rings. The standard InChI is InChI=1S/C15H21N3/c1-4-11(5-2)12-6-8-13(9-7-12)14-10-15(16)18(3)17-14/h6-11H,4-5,16H2,1-3H3. The topological polar surface area (TPSA) is 43.8 Å². The fourth-order valence-corrected chi connectivity index (χ4v) is 2.31. The molecule has 0 saturated carbocycles. The lowest BCUT2D eigenvalue weighted by molar-refractivity contribution is 0.642.